The van der Waals surface area contributed by atoms with Crippen LogP contribution in [0.5, 0.6) is 11.5 Å². The number of urea groups is 1. The predicted octanol–water partition coefficient (Wildman–Crippen LogP) is 2.77. The zero-order valence-corrected chi connectivity index (χ0v) is 15.7. The molecule has 3 rings (SSSR count). The quantitative estimate of drug-likeness (QED) is 0.875. The van der Waals surface area contributed by atoms with Gasteiger partial charge >= 0.3 is 6.03 Å². The number of methoxy groups -OCH3 is 2. The topological polar surface area (TPSA) is 72.9 Å². The monoisotopic (exact) mass is 371 g/mol. The molecule has 7 heteroatoms. The van der Waals surface area contributed by atoms with E-state index in [9.17, 15) is 4.79 Å². The van der Waals surface area contributed by atoms with Crippen molar-refractivity contribution < 1.29 is 19.0 Å². The fourth-order valence-electron chi connectivity index (χ4n) is 3.09. The molecule has 0 unspecified atom stereocenters. The first-order chi connectivity index (χ1) is 13.2. The number of nitrogens with zero attached hydrogens (tertiary/aromatic N) is 2. The van der Waals surface area contributed by atoms with Gasteiger partial charge in [0.15, 0.2) is 11.5 Å². The average Bonchev–Trinajstić information content (AvgIpc) is 2.68. The van der Waals surface area contributed by atoms with Crippen LogP contribution in [-0.2, 0) is 11.3 Å². The number of para-hydroxylation sites is 1. The zero-order chi connectivity index (χ0) is 19.1. The van der Waals surface area contributed by atoms with Crippen molar-refractivity contribution in [3.63, 3.8) is 0 Å². The van der Waals surface area contributed by atoms with E-state index in [1.807, 2.05) is 36.4 Å². The Hall–Kier alpha value is -2.80. The highest BCUT2D eigenvalue weighted by Crippen LogP contribution is 2.33. The predicted molar refractivity (Wildman–Crippen MR) is 101 cm³/mol. The highest BCUT2D eigenvalue weighted by molar-refractivity contribution is 5.75. The molecule has 0 aliphatic carbocycles. The maximum absolute atomic E-state index is 12.9. The van der Waals surface area contributed by atoms with Gasteiger partial charge in [0.2, 0.25) is 0 Å². The number of rotatable bonds is 5. The fourth-order valence-corrected chi connectivity index (χ4v) is 3.09. The van der Waals surface area contributed by atoms with Crippen molar-refractivity contribution in [2.45, 2.75) is 19.0 Å². The number of carbonyl (C=O) groups excluding carboxylic acids is 1. The third-order valence-corrected chi connectivity index (χ3v) is 4.42. The number of nitrogens with one attached hydrogen (secondary N) is 1. The largest absolute Gasteiger partial charge is 0.493 e. The number of amides is 2. The number of hydrogen-bond donors (Lipinski definition) is 1. The number of ether oxygens (including phenoxy) is 3. The lowest BCUT2D eigenvalue weighted by atomic mass is 10.1. The molecular formula is C20H25N3O4. The number of benzene rings is 1. The van der Waals surface area contributed by atoms with Gasteiger partial charge in [-0.1, -0.05) is 18.2 Å². The van der Waals surface area contributed by atoms with Gasteiger partial charge in [0, 0.05) is 25.4 Å². The fraction of sp³-hybridized carbons (Fsp3) is 0.400. The Morgan fingerprint density at radius 1 is 1.30 bits per heavy atom. The molecule has 0 radical (unpaired) electrons. The second-order valence-corrected chi connectivity index (χ2v) is 6.28. The van der Waals surface area contributed by atoms with Crippen LogP contribution in [0.3, 0.4) is 0 Å². The lowest BCUT2D eigenvalue weighted by Crippen LogP contribution is -2.43. The molecule has 2 amide bonds. The Morgan fingerprint density at radius 3 is 2.93 bits per heavy atom. The van der Waals surface area contributed by atoms with E-state index in [0.717, 1.165) is 17.7 Å². The normalized spacial score (nSPS) is 15.0. The van der Waals surface area contributed by atoms with Gasteiger partial charge in [0.25, 0.3) is 0 Å². The molecule has 2 aromatic rings. The molecule has 0 saturated heterocycles. The first-order valence-corrected chi connectivity index (χ1v) is 8.97. The summed E-state index contributed by atoms with van der Waals surface area (Å²) in [6.07, 6.45) is 2.45. The summed E-state index contributed by atoms with van der Waals surface area (Å²) in [6, 6.07) is 10.9. The van der Waals surface area contributed by atoms with E-state index in [2.05, 4.69) is 10.3 Å². The van der Waals surface area contributed by atoms with E-state index in [-0.39, 0.29) is 12.1 Å². The molecule has 1 atom stereocenters. The number of aromatic nitrogens is 1. The molecular weight excluding hydrogens is 346 g/mol. The molecule has 1 aromatic heterocycles. The van der Waals surface area contributed by atoms with Gasteiger partial charge in [-0.05, 0) is 24.6 Å². The zero-order valence-electron chi connectivity index (χ0n) is 15.7. The van der Waals surface area contributed by atoms with E-state index >= 15 is 0 Å². The van der Waals surface area contributed by atoms with E-state index < -0.39 is 0 Å². The Morgan fingerprint density at radius 2 is 2.19 bits per heavy atom. The summed E-state index contributed by atoms with van der Waals surface area (Å²) in [6.45, 7) is 1.92. The molecule has 0 bridgehead atoms. The summed E-state index contributed by atoms with van der Waals surface area (Å²) in [5.41, 5.74) is 1.69. The minimum Gasteiger partial charge on any atom is -0.493 e. The number of hydrogen-bond acceptors (Lipinski definition) is 5. The second kappa shape index (κ2) is 9.23. The minimum atomic E-state index is -0.310. The molecule has 2 heterocycles. The average molecular weight is 371 g/mol. The Labute approximate surface area is 159 Å². The van der Waals surface area contributed by atoms with Crippen LogP contribution in [0.1, 0.15) is 23.7 Å². The lowest BCUT2D eigenvalue weighted by molar-refractivity contribution is 0.148. The molecule has 7 nitrogen and oxygen atoms in total. The van der Waals surface area contributed by atoms with Gasteiger partial charge in [-0.2, -0.15) is 0 Å². The lowest BCUT2D eigenvalue weighted by Gasteiger charge is -2.29. The molecule has 144 valence electrons. The van der Waals surface area contributed by atoms with E-state index in [1.165, 1.54) is 0 Å². The first-order valence-electron chi connectivity index (χ1n) is 8.97. The smallest absolute Gasteiger partial charge is 0.318 e. The van der Waals surface area contributed by atoms with Crippen molar-refractivity contribution in [2.24, 2.45) is 0 Å². The molecule has 1 aliphatic heterocycles. The third-order valence-electron chi connectivity index (χ3n) is 4.42. The molecule has 1 aliphatic rings. The third kappa shape index (κ3) is 4.68. The van der Waals surface area contributed by atoms with Crippen LogP contribution in [0.15, 0.2) is 42.6 Å². The van der Waals surface area contributed by atoms with Crippen molar-refractivity contribution in [3.05, 3.63) is 53.9 Å². The van der Waals surface area contributed by atoms with Crippen LogP contribution in [0.25, 0.3) is 0 Å². The first kappa shape index (κ1) is 19.0. The van der Waals surface area contributed by atoms with Crippen molar-refractivity contribution in [2.75, 3.05) is 34.0 Å². The summed E-state index contributed by atoms with van der Waals surface area (Å²) in [5.74, 6) is 1.39. The van der Waals surface area contributed by atoms with Gasteiger partial charge < -0.3 is 24.4 Å². The SMILES string of the molecule is COC[C@H](NC(=O)N1CCCOc2c(cccc2OC)C1)c1ccccn1. The van der Waals surface area contributed by atoms with Gasteiger partial charge in [-0.3, -0.25) is 4.98 Å². The Bertz CT molecular complexity index is 754. The maximum atomic E-state index is 12.9. The molecule has 27 heavy (non-hydrogen) atoms. The van der Waals surface area contributed by atoms with Crippen LogP contribution in [0, 0.1) is 0 Å². The van der Waals surface area contributed by atoms with Crippen molar-refractivity contribution in [1.29, 1.82) is 0 Å². The molecule has 0 fully saturated rings. The van der Waals surface area contributed by atoms with Gasteiger partial charge in [-0.25, -0.2) is 4.79 Å². The maximum Gasteiger partial charge on any atom is 0.318 e. The summed E-state index contributed by atoms with van der Waals surface area (Å²) < 4.78 is 16.5. The number of carbonyl (C=O) groups is 1. The van der Waals surface area contributed by atoms with Crippen LogP contribution in [-0.4, -0.2) is 49.9 Å². The van der Waals surface area contributed by atoms with E-state index in [4.69, 9.17) is 14.2 Å². The Kier molecular flexibility index (Phi) is 6.49. The van der Waals surface area contributed by atoms with Crippen molar-refractivity contribution in [3.8, 4) is 11.5 Å². The molecule has 0 spiro atoms. The summed E-state index contributed by atoms with van der Waals surface area (Å²) in [5, 5.41) is 3.04. The van der Waals surface area contributed by atoms with Crippen molar-refractivity contribution in [1.82, 2.24) is 15.2 Å². The van der Waals surface area contributed by atoms with E-state index in [1.54, 1.807) is 25.3 Å². The van der Waals surface area contributed by atoms with Crippen LogP contribution >= 0.6 is 0 Å². The van der Waals surface area contributed by atoms with Gasteiger partial charge in [0.05, 0.1) is 38.6 Å². The van der Waals surface area contributed by atoms with Gasteiger partial charge in [-0.15, -0.1) is 0 Å². The van der Waals surface area contributed by atoms with E-state index in [0.29, 0.717) is 37.8 Å². The number of pyridine rings is 1. The molecule has 1 aromatic carbocycles. The minimum absolute atomic E-state index is 0.154. The molecule has 0 saturated carbocycles. The summed E-state index contributed by atoms with van der Waals surface area (Å²) in [7, 11) is 3.22. The number of fused-ring (bicyclic) bond motifs is 1. The highest BCUT2D eigenvalue weighted by Gasteiger charge is 2.23. The summed E-state index contributed by atoms with van der Waals surface area (Å²) >= 11 is 0. The van der Waals surface area contributed by atoms with Crippen molar-refractivity contribution >= 4 is 6.03 Å². The van der Waals surface area contributed by atoms with Gasteiger partial charge in [0.1, 0.15) is 0 Å². The molecule has 1 N–H and O–H groups in total. The highest BCUT2D eigenvalue weighted by atomic mass is 16.5. The standard InChI is InChI=1S/C20H25N3O4/c1-25-14-17(16-8-3-4-10-21-16)22-20(24)23-11-6-12-27-19-15(13-23)7-5-9-18(19)26-2/h3-5,7-10,17H,6,11-14H2,1-2H3,(H,22,24)/t17-/m0/s1. The van der Waals surface area contributed by atoms with Crippen LogP contribution < -0.4 is 14.8 Å². The Balaban J connectivity index is 1.77. The second-order valence-electron chi connectivity index (χ2n) is 6.28. The van der Waals surface area contributed by atoms with Crippen LogP contribution in [0.4, 0.5) is 4.79 Å². The van der Waals surface area contributed by atoms with Crippen LogP contribution in [0.2, 0.25) is 0 Å². The summed E-state index contributed by atoms with van der Waals surface area (Å²) in [4.78, 5) is 19.1.